The molecule has 4 aliphatic carbocycles. The minimum absolute atomic E-state index is 0.156. The highest BCUT2D eigenvalue weighted by atomic mass is 32.2. The van der Waals surface area contributed by atoms with Crippen LogP contribution in [0.15, 0.2) is 152 Å². The van der Waals surface area contributed by atoms with Crippen molar-refractivity contribution in [1.29, 1.82) is 0 Å². The van der Waals surface area contributed by atoms with E-state index in [4.69, 9.17) is 0 Å². The van der Waals surface area contributed by atoms with Crippen molar-refractivity contribution in [3.05, 3.63) is 133 Å². The fourth-order valence-electron chi connectivity index (χ4n) is 14.8. The Hall–Kier alpha value is -2.62. The predicted molar refractivity (Wildman–Crippen MR) is 283 cm³/mol. The quantitative estimate of drug-likeness (QED) is 0.0865. The summed E-state index contributed by atoms with van der Waals surface area (Å²) in [5, 5.41) is 37.4. The van der Waals surface area contributed by atoms with Crippen LogP contribution in [0, 0.1) is 41.4 Å². The van der Waals surface area contributed by atoms with Crippen LogP contribution < -0.4 is 42.5 Å². The molecule has 358 valence electrons. The highest BCUT2D eigenvalue weighted by Gasteiger charge is 2.57. The fraction of sp³-hybridized carbons (Fsp3) is 0.536. The maximum atomic E-state index is 4.50. The van der Waals surface area contributed by atoms with Gasteiger partial charge in [-0.3, -0.25) is 31.9 Å². The maximum Gasteiger partial charge on any atom is 0.102 e. The van der Waals surface area contributed by atoms with Crippen molar-refractivity contribution in [1.82, 2.24) is 42.5 Å². The molecule has 68 heavy (non-hydrogen) atoms. The van der Waals surface area contributed by atoms with Crippen molar-refractivity contribution >= 4 is 47.0 Å². The molecular weight excluding hydrogens is 913 g/mol. The van der Waals surface area contributed by atoms with Gasteiger partial charge >= 0.3 is 0 Å². The number of benzene rings is 4. The number of fused-ring (bicyclic) bond motifs is 19. The van der Waals surface area contributed by atoms with Crippen molar-refractivity contribution in [2.24, 2.45) is 41.4 Å². The van der Waals surface area contributed by atoms with E-state index in [1.165, 1.54) is 102 Å². The van der Waals surface area contributed by atoms with Gasteiger partial charge in [0.1, 0.15) is 5.82 Å². The summed E-state index contributed by atoms with van der Waals surface area (Å²) in [4.78, 5) is 5.59. The first-order chi connectivity index (χ1) is 33.7. The van der Waals surface area contributed by atoms with Crippen LogP contribution >= 0.6 is 47.0 Å². The molecule has 4 aromatic carbocycles. The molecule has 0 radical (unpaired) electrons. The molecule has 8 bridgehead atoms. The average Bonchev–Trinajstić information content (AvgIpc) is 4.12. The lowest BCUT2D eigenvalue weighted by molar-refractivity contribution is 0.181. The second-order valence-electron chi connectivity index (χ2n) is 21.3. The van der Waals surface area contributed by atoms with Crippen molar-refractivity contribution in [3.8, 4) is 0 Å². The zero-order chi connectivity index (χ0) is 45.0. The third-order valence-electron chi connectivity index (χ3n) is 17.6. The zero-order valence-corrected chi connectivity index (χ0v) is 42.3. The molecule has 5 heterocycles. The largest absolute Gasteiger partial charge is 0.356 e. The molecule has 18 unspecified atom stereocenters. The Bertz CT molecular complexity index is 2350. The van der Waals surface area contributed by atoms with E-state index in [0.717, 1.165) is 0 Å². The van der Waals surface area contributed by atoms with Crippen molar-refractivity contribution < 1.29 is 0 Å². The average molecular weight is 983 g/mol. The summed E-state index contributed by atoms with van der Waals surface area (Å²) in [5.41, 5.74) is 1.61. The van der Waals surface area contributed by atoms with Crippen LogP contribution in [-0.4, -0.2) is 64.2 Å². The first kappa shape index (κ1) is 45.3. The predicted octanol–water partition coefficient (Wildman–Crippen LogP) is 9.96. The van der Waals surface area contributed by atoms with E-state index in [0.29, 0.717) is 62.4 Å². The second kappa shape index (κ2) is 20.1. The summed E-state index contributed by atoms with van der Waals surface area (Å²) >= 11 is 8.51. The Labute approximate surface area is 421 Å². The highest BCUT2D eigenvalue weighted by molar-refractivity contribution is 8.00. The summed E-state index contributed by atoms with van der Waals surface area (Å²) in [6.45, 7) is 0. The molecule has 4 aromatic rings. The molecule has 8 N–H and O–H groups in total. The first-order valence-electron chi connectivity index (χ1n) is 26.4. The molecule has 13 rings (SSSR count). The third kappa shape index (κ3) is 9.02. The molecule has 8 nitrogen and oxygen atoms in total. The molecule has 8 fully saturated rings. The van der Waals surface area contributed by atoms with E-state index in [-0.39, 0.29) is 43.2 Å². The molecule has 5 aliphatic heterocycles. The van der Waals surface area contributed by atoms with Crippen molar-refractivity contribution in [3.63, 3.8) is 0 Å². The van der Waals surface area contributed by atoms with Gasteiger partial charge in [0.25, 0.3) is 0 Å². The Morgan fingerprint density at radius 1 is 0.324 bits per heavy atom. The lowest BCUT2D eigenvalue weighted by Crippen LogP contribution is -2.61. The van der Waals surface area contributed by atoms with E-state index in [2.05, 4.69) is 211 Å². The molecule has 0 amide bonds. The second-order valence-corrected chi connectivity index (χ2v) is 26.6. The molecule has 4 saturated carbocycles. The molecule has 4 saturated heterocycles. The van der Waals surface area contributed by atoms with Gasteiger partial charge in [0.15, 0.2) is 0 Å². The summed E-state index contributed by atoms with van der Waals surface area (Å²) < 4.78 is 0. The molecule has 0 spiro atoms. The monoisotopic (exact) mass is 982 g/mol. The number of thioether (sulfide) groups is 4. The molecule has 18 atom stereocenters. The Kier molecular flexibility index (Phi) is 13.4. The van der Waals surface area contributed by atoms with Crippen LogP contribution in [0.25, 0.3) is 0 Å². The SMILES string of the molecule is c1ccc(SC2CCCC3C2=C2NC3NC3NC(NC4NC(NC5NC(N2)C2CCCC(Sc6ccccc6)C52)C2CCCC(Sc5ccccc5)C42)C2CCCC(Sc4ccccc4)C32)cc1. The molecular formula is C56H70N8S4. The van der Waals surface area contributed by atoms with Crippen LogP contribution in [0.4, 0.5) is 0 Å². The summed E-state index contributed by atoms with van der Waals surface area (Å²) in [5.74, 6) is 4.80. The van der Waals surface area contributed by atoms with E-state index in [1.807, 2.05) is 0 Å². The summed E-state index contributed by atoms with van der Waals surface area (Å²) in [6, 6.07) is 45.0. The van der Waals surface area contributed by atoms with Gasteiger partial charge in [0.2, 0.25) is 0 Å². The lowest BCUT2D eigenvalue weighted by Gasteiger charge is -2.40. The van der Waals surface area contributed by atoms with Gasteiger partial charge in [-0.05, 0) is 123 Å². The summed E-state index contributed by atoms with van der Waals surface area (Å²) in [7, 11) is 0. The Balaban J connectivity index is 0.892. The van der Waals surface area contributed by atoms with E-state index in [9.17, 15) is 0 Å². The van der Waals surface area contributed by atoms with E-state index in [1.54, 1.807) is 5.57 Å². The van der Waals surface area contributed by atoms with Gasteiger partial charge < -0.3 is 10.6 Å². The first-order valence-corrected chi connectivity index (χ1v) is 29.9. The number of nitrogens with one attached hydrogen (secondary N) is 8. The lowest BCUT2D eigenvalue weighted by atomic mass is 9.76. The normalized spacial score (nSPS) is 40.6. The number of hydrogen-bond donors (Lipinski definition) is 8. The zero-order valence-electron chi connectivity index (χ0n) is 39.1. The van der Waals surface area contributed by atoms with Gasteiger partial charge in [-0.15, -0.1) is 47.0 Å². The van der Waals surface area contributed by atoms with Crippen LogP contribution in [0.5, 0.6) is 0 Å². The molecule has 9 aliphatic rings. The Morgan fingerprint density at radius 3 is 1.12 bits per heavy atom. The minimum atomic E-state index is 0.156. The smallest absolute Gasteiger partial charge is 0.102 e. The van der Waals surface area contributed by atoms with Gasteiger partial charge in [-0.25, -0.2) is 0 Å². The van der Waals surface area contributed by atoms with E-state index >= 15 is 0 Å². The molecule has 12 heteroatoms. The van der Waals surface area contributed by atoms with Gasteiger partial charge in [0.05, 0.1) is 43.2 Å². The Morgan fingerprint density at radius 2 is 0.676 bits per heavy atom. The van der Waals surface area contributed by atoms with Gasteiger partial charge in [-0.1, -0.05) is 98.5 Å². The number of hydrogen-bond acceptors (Lipinski definition) is 12. The topological polar surface area (TPSA) is 96.2 Å². The third-order valence-corrected chi connectivity index (χ3v) is 23.1. The van der Waals surface area contributed by atoms with Gasteiger partial charge in [-0.2, -0.15) is 0 Å². The van der Waals surface area contributed by atoms with Crippen LogP contribution in [0.2, 0.25) is 0 Å². The minimum Gasteiger partial charge on any atom is -0.356 e. The van der Waals surface area contributed by atoms with Crippen LogP contribution in [0.1, 0.15) is 77.0 Å². The number of rotatable bonds is 8. The van der Waals surface area contributed by atoms with Crippen LogP contribution in [0.3, 0.4) is 0 Å². The summed E-state index contributed by atoms with van der Waals surface area (Å²) in [6.07, 6.45) is 16.4. The molecule has 0 aromatic heterocycles. The van der Waals surface area contributed by atoms with Gasteiger partial charge in [0, 0.05) is 64.3 Å². The standard InChI is InChI=1S/C56H70N8S4/c1-5-17-33(18-6-1)65-41-29-13-25-37-45(41)53-57-49(37)62-54-47-39(27-15-31-43(47)67-35-21-9-3-10-22-35)51(59-54)64-56-48-40(28-16-32-44(48)68-36-23-11-4-12-24-36)52(60-56)63-55-46-38(50(58-55)61-53)26-14-30-42(46)66-34-19-7-2-8-20-34/h1-12,17-24,37-47,49-55,57-64H,13-16,25-32H2. The fourth-order valence-corrected chi connectivity index (χ4v) is 20.5. The van der Waals surface area contributed by atoms with Crippen LogP contribution in [-0.2, 0) is 0 Å². The maximum absolute atomic E-state index is 4.50. The van der Waals surface area contributed by atoms with Crippen molar-refractivity contribution in [2.75, 3.05) is 0 Å². The van der Waals surface area contributed by atoms with E-state index < -0.39 is 0 Å². The highest BCUT2D eigenvalue weighted by Crippen LogP contribution is 2.52. The van der Waals surface area contributed by atoms with Crippen molar-refractivity contribution in [2.45, 2.75) is 161 Å².